The highest BCUT2D eigenvalue weighted by Crippen LogP contribution is 2.38. The van der Waals surface area contributed by atoms with Crippen molar-refractivity contribution in [1.82, 2.24) is 5.32 Å². The zero-order valence-corrected chi connectivity index (χ0v) is 14.4. The average molecular weight is 359 g/mol. The molecule has 0 aliphatic carbocycles. The monoisotopic (exact) mass is 357 g/mol. The first-order valence-corrected chi connectivity index (χ1v) is 8.27. The van der Waals surface area contributed by atoms with Crippen LogP contribution in [-0.2, 0) is 0 Å². The largest absolute Gasteiger partial charge is 0.306 e. The highest BCUT2D eigenvalue weighted by atomic mass is 79.9. The Balaban J connectivity index is 2.51. The van der Waals surface area contributed by atoms with Crippen LogP contribution in [0.2, 0.25) is 4.34 Å². The molecule has 0 aliphatic heterocycles. The Kier molecular flexibility index (Phi) is 5.07. The second kappa shape index (κ2) is 6.40. The zero-order valence-electron chi connectivity index (χ0n) is 11.3. The number of thiophene rings is 1. The van der Waals surface area contributed by atoms with Crippen molar-refractivity contribution in [1.29, 1.82) is 0 Å². The van der Waals surface area contributed by atoms with E-state index in [0.29, 0.717) is 0 Å². The lowest BCUT2D eigenvalue weighted by Crippen LogP contribution is -2.22. The number of aryl methyl sites for hydroxylation is 2. The van der Waals surface area contributed by atoms with Crippen molar-refractivity contribution in [2.24, 2.45) is 0 Å². The van der Waals surface area contributed by atoms with Crippen LogP contribution in [0.1, 0.15) is 34.5 Å². The molecule has 4 heteroatoms. The molecule has 0 radical (unpaired) electrons. The predicted octanol–water partition coefficient (Wildman–Crippen LogP) is 5.48. The number of halogens is 2. The van der Waals surface area contributed by atoms with Gasteiger partial charge in [-0.3, -0.25) is 0 Å². The van der Waals surface area contributed by atoms with Gasteiger partial charge in [0.2, 0.25) is 0 Å². The molecule has 1 nitrogen and oxygen atoms in total. The Hall–Kier alpha value is -0.350. The Bertz CT molecular complexity index is 540. The van der Waals surface area contributed by atoms with E-state index in [0.717, 1.165) is 15.4 Å². The van der Waals surface area contributed by atoms with Gasteiger partial charge in [-0.1, -0.05) is 36.7 Å². The summed E-state index contributed by atoms with van der Waals surface area (Å²) in [5.74, 6) is 0. The Morgan fingerprint density at radius 3 is 2.42 bits per heavy atom. The molecule has 0 amide bonds. The van der Waals surface area contributed by atoms with Crippen molar-refractivity contribution >= 4 is 38.9 Å². The minimum atomic E-state index is 0.208. The maximum Gasteiger partial charge on any atom is 0.107 e. The highest BCUT2D eigenvalue weighted by molar-refractivity contribution is 9.10. The second-order valence-electron chi connectivity index (χ2n) is 4.57. The third-order valence-corrected chi connectivity index (χ3v) is 5.73. The van der Waals surface area contributed by atoms with E-state index in [1.54, 1.807) is 11.3 Å². The van der Waals surface area contributed by atoms with Gasteiger partial charge >= 0.3 is 0 Å². The van der Waals surface area contributed by atoms with E-state index in [9.17, 15) is 0 Å². The summed E-state index contributed by atoms with van der Waals surface area (Å²) >= 11 is 11.3. The zero-order chi connectivity index (χ0) is 14.0. The van der Waals surface area contributed by atoms with Crippen LogP contribution in [0, 0.1) is 13.8 Å². The van der Waals surface area contributed by atoms with Crippen molar-refractivity contribution in [2.45, 2.75) is 26.8 Å². The third kappa shape index (κ3) is 3.22. The van der Waals surface area contributed by atoms with Gasteiger partial charge in [0.15, 0.2) is 0 Å². The first-order chi connectivity index (χ1) is 9.04. The fourth-order valence-corrected chi connectivity index (χ4v) is 4.16. The molecule has 0 spiro atoms. The van der Waals surface area contributed by atoms with Crippen LogP contribution in [-0.4, -0.2) is 6.54 Å². The Labute approximate surface area is 132 Å². The van der Waals surface area contributed by atoms with Gasteiger partial charge in [0.05, 0.1) is 6.04 Å². The lowest BCUT2D eigenvalue weighted by atomic mass is 9.95. The first-order valence-electron chi connectivity index (χ1n) is 6.28. The van der Waals surface area contributed by atoms with E-state index in [4.69, 9.17) is 11.6 Å². The van der Waals surface area contributed by atoms with E-state index < -0.39 is 0 Å². The maximum absolute atomic E-state index is 6.18. The fourth-order valence-electron chi connectivity index (χ4n) is 2.34. The van der Waals surface area contributed by atoms with Gasteiger partial charge in [0.1, 0.15) is 4.34 Å². The summed E-state index contributed by atoms with van der Waals surface area (Å²) in [5.41, 5.74) is 3.98. The number of hydrogen-bond acceptors (Lipinski definition) is 2. The molecule has 1 aromatic heterocycles. The summed E-state index contributed by atoms with van der Waals surface area (Å²) in [6, 6.07) is 8.76. The van der Waals surface area contributed by atoms with Crippen LogP contribution in [0.25, 0.3) is 0 Å². The van der Waals surface area contributed by atoms with Crippen LogP contribution >= 0.6 is 38.9 Å². The van der Waals surface area contributed by atoms with E-state index in [2.05, 4.69) is 66.3 Å². The molecule has 1 unspecified atom stereocenters. The molecule has 19 heavy (non-hydrogen) atoms. The maximum atomic E-state index is 6.18. The van der Waals surface area contributed by atoms with Gasteiger partial charge in [0.25, 0.3) is 0 Å². The molecule has 0 bridgehead atoms. The van der Waals surface area contributed by atoms with Gasteiger partial charge in [-0.25, -0.2) is 0 Å². The molecule has 0 aliphatic rings. The molecule has 0 fully saturated rings. The average Bonchev–Trinajstić information content (AvgIpc) is 2.68. The molecule has 1 atom stereocenters. The number of hydrogen-bond donors (Lipinski definition) is 1. The fraction of sp³-hybridized carbons (Fsp3) is 0.333. The van der Waals surface area contributed by atoms with Crippen LogP contribution in [0.3, 0.4) is 0 Å². The van der Waals surface area contributed by atoms with Crippen molar-refractivity contribution in [3.05, 3.63) is 54.6 Å². The highest BCUT2D eigenvalue weighted by Gasteiger charge is 2.20. The van der Waals surface area contributed by atoms with Crippen LogP contribution in [0.4, 0.5) is 0 Å². The molecule has 102 valence electrons. The van der Waals surface area contributed by atoms with Crippen LogP contribution < -0.4 is 5.32 Å². The molecule has 0 saturated heterocycles. The molecule has 2 rings (SSSR count). The number of nitrogens with one attached hydrogen (secondary N) is 1. The van der Waals surface area contributed by atoms with Gasteiger partial charge in [-0.2, -0.15) is 0 Å². The van der Waals surface area contributed by atoms with Crippen molar-refractivity contribution in [3.8, 4) is 0 Å². The summed E-state index contributed by atoms with van der Waals surface area (Å²) < 4.78 is 1.78. The number of rotatable bonds is 4. The topological polar surface area (TPSA) is 12.0 Å². The van der Waals surface area contributed by atoms with E-state index in [-0.39, 0.29) is 6.04 Å². The Morgan fingerprint density at radius 2 is 1.95 bits per heavy atom. The molecular weight excluding hydrogens is 342 g/mol. The van der Waals surface area contributed by atoms with Gasteiger partial charge in [-0.15, -0.1) is 11.3 Å². The smallest absolute Gasteiger partial charge is 0.107 e. The summed E-state index contributed by atoms with van der Waals surface area (Å²) in [7, 11) is 0. The number of benzene rings is 1. The summed E-state index contributed by atoms with van der Waals surface area (Å²) in [6.07, 6.45) is 0. The van der Waals surface area contributed by atoms with Gasteiger partial charge in [0, 0.05) is 9.35 Å². The van der Waals surface area contributed by atoms with Crippen molar-refractivity contribution in [2.75, 3.05) is 6.54 Å². The van der Waals surface area contributed by atoms with Crippen molar-refractivity contribution < 1.29 is 0 Å². The SMILES string of the molecule is CCNC(c1cc(Br)c(Cl)s1)c1c(C)cccc1C. The normalized spacial score (nSPS) is 12.7. The quantitative estimate of drug-likeness (QED) is 0.763. The summed E-state index contributed by atoms with van der Waals surface area (Å²) in [4.78, 5) is 1.25. The molecule has 0 saturated carbocycles. The van der Waals surface area contributed by atoms with Crippen molar-refractivity contribution in [3.63, 3.8) is 0 Å². The molecular formula is C15H17BrClNS. The predicted molar refractivity (Wildman–Crippen MR) is 88.5 cm³/mol. The standard InChI is InChI=1S/C15H17BrClNS/c1-4-18-14(12-8-11(16)15(17)19-12)13-9(2)6-5-7-10(13)3/h5-8,14,18H,4H2,1-3H3. The molecule has 1 heterocycles. The van der Waals surface area contributed by atoms with Gasteiger partial charge in [-0.05, 0) is 59.1 Å². The van der Waals surface area contributed by atoms with Gasteiger partial charge < -0.3 is 5.32 Å². The first kappa shape index (κ1) is 15.0. The molecule has 1 aromatic carbocycles. The van der Waals surface area contributed by atoms with E-state index in [1.807, 2.05) is 0 Å². The van der Waals surface area contributed by atoms with Crippen LogP contribution in [0.5, 0.6) is 0 Å². The van der Waals surface area contributed by atoms with E-state index in [1.165, 1.54) is 21.6 Å². The lowest BCUT2D eigenvalue weighted by molar-refractivity contribution is 0.633. The second-order valence-corrected chi connectivity index (χ2v) is 7.11. The Morgan fingerprint density at radius 1 is 1.32 bits per heavy atom. The minimum absolute atomic E-state index is 0.208. The lowest BCUT2D eigenvalue weighted by Gasteiger charge is -2.21. The summed E-state index contributed by atoms with van der Waals surface area (Å²) in [5, 5.41) is 3.57. The van der Waals surface area contributed by atoms with Crippen LogP contribution in [0.15, 0.2) is 28.7 Å². The minimum Gasteiger partial charge on any atom is -0.306 e. The third-order valence-electron chi connectivity index (χ3n) is 3.19. The molecule has 1 N–H and O–H groups in total. The summed E-state index contributed by atoms with van der Waals surface area (Å²) in [6.45, 7) is 7.38. The van der Waals surface area contributed by atoms with E-state index >= 15 is 0 Å². The molecule has 2 aromatic rings.